The highest BCUT2D eigenvalue weighted by Gasteiger charge is 2.31. The summed E-state index contributed by atoms with van der Waals surface area (Å²) in [5, 5.41) is 19.8. The zero-order valence-electron chi connectivity index (χ0n) is 16.2. The Morgan fingerprint density at radius 1 is 1.19 bits per heavy atom. The van der Waals surface area contributed by atoms with Crippen molar-refractivity contribution in [3.05, 3.63) is 52.1 Å². The molecule has 0 aliphatic carbocycles. The van der Waals surface area contributed by atoms with E-state index in [-0.39, 0.29) is 11.3 Å². The van der Waals surface area contributed by atoms with Gasteiger partial charge in [0.15, 0.2) is 0 Å². The van der Waals surface area contributed by atoms with E-state index in [1.54, 1.807) is 6.08 Å². The molecule has 0 radical (unpaired) electrons. The molecule has 1 heterocycles. The molecule has 1 aliphatic rings. The number of hydrogen-bond donors (Lipinski definition) is 2. The molecule has 1 aromatic carbocycles. The van der Waals surface area contributed by atoms with Crippen LogP contribution < -0.4 is 4.74 Å². The van der Waals surface area contributed by atoms with Crippen LogP contribution in [0.25, 0.3) is 6.08 Å². The van der Waals surface area contributed by atoms with E-state index in [0.29, 0.717) is 17.7 Å². The molecule has 1 atom stereocenters. The summed E-state index contributed by atoms with van der Waals surface area (Å²) in [6.07, 6.45) is 10.1. The Hall–Kier alpha value is -2.49. The summed E-state index contributed by atoms with van der Waals surface area (Å²) in [5.74, 6) is -0.808. The summed E-state index contributed by atoms with van der Waals surface area (Å²) < 4.78 is 6.28. The third kappa shape index (κ3) is 4.57. The summed E-state index contributed by atoms with van der Waals surface area (Å²) in [6.45, 7) is 10.1. The Kier molecular flexibility index (Phi) is 5.96. The Morgan fingerprint density at radius 2 is 1.85 bits per heavy atom. The van der Waals surface area contributed by atoms with E-state index in [1.165, 1.54) is 11.6 Å². The Balaban J connectivity index is 2.46. The smallest absolute Gasteiger partial charge is 0.339 e. The minimum atomic E-state index is -1.14. The molecule has 0 saturated carbocycles. The highest BCUT2D eigenvalue weighted by molar-refractivity contribution is 5.94. The number of carboxylic acids is 1. The van der Waals surface area contributed by atoms with E-state index in [4.69, 9.17) is 4.74 Å². The predicted molar refractivity (Wildman–Crippen MR) is 105 cm³/mol. The van der Waals surface area contributed by atoms with Crippen LogP contribution in [0, 0.1) is 0 Å². The summed E-state index contributed by atoms with van der Waals surface area (Å²) >= 11 is 0. The van der Waals surface area contributed by atoms with Crippen LogP contribution in [-0.4, -0.2) is 21.8 Å². The second-order valence-electron chi connectivity index (χ2n) is 7.53. The van der Waals surface area contributed by atoms with Crippen molar-refractivity contribution in [2.75, 3.05) is 0 Å². The number of phenols is 1. The second kappa shape index (κ2) is 7.81. The van der Waals surface area contributed by atoms with Gasteiger partial charge in [0.1, 0.15) is 22.7 Å². The van der Waals surface area contributed by atoms with Gasteiger partial charge in [-0.15, -0.1) is 0 Å². The number of hydrogen-bond acceptors (Lipinski definition) is 3. The van der Waals surface area contributed by atoms with Crippen LogP contribution >= 0.6 is 0 Å². The van der Waals surface area contributed by atoms with Gasteiger partial charge in [-0.3, -0.25) is 0 Å². The molecular formula is C22H28O4. The molecule has 0 saturated heterocycles. The van der Waals surface area contributed by atoms with E-state index < -0.39 is 11.6 Å². The van der Waals surface area contributed by atoms with Gasteiger partial charge in [0.05, 0.1) is 5.56 Å². The summed E-state index contributed by atoms with van der Waals surface area (Å²) in [6, 6.07) is 1.52. The van der Waals surface area contributed by atoms with Crippen molar-refractivity contribution in [2.45, 2.75) is 59.5 Å². The van der Waals surface area contributed by atoms with Crippen LogP contribution in [0.4, 0.5) is 0 Å². The van der Waals surface area contributed by atoms with Gasteiger partial charge < -0.3 is 14.9 Å². The molecule has 1 aliphatic heterocycles. The van der Waals surface area contributed by atoms with Crippen LogP contribution in [0.15, 0.2) is 35.4 Å². The lowest BCUT2D eigenvalue weighted by molar-refractivity contribution is 0.0693. The zero-order chi connectivity index (χ0) is 19.5. The van der Waals surface area contributed by atoms with Gasteiger partial charge in [0.25, 0.3) is 0 Å². The Labute approximate surface area is 155 Å². The zero-order valence-corrected chi connectivity index (χ0v) is 16.2. The molecule has 140 valence electrons. The van der Waals surface area contributed by atoms with Gasteiger partial charge >= 0.3 is 5.97 Å². The van der Waals surface area contributed by atoms with E-state index in [1.807, 2.05) is 32.9 Å². The quantitative estimate of drug-likeness (QED) is 0.660. The van der Waals surface area contributed by atoms with Gasteiger partial charge in [-0.1, -0.05) is 23.3 Å². The highest BCUT2D eigenvalue weighted by atomic mass is 16.5. The standard InChI is InChI=1S/C22H28O4/c1-14(2)7-6-11-22(5)12-10-17-19(23)18(21(24)25)13-16(20(17)26-22)9-8-15(3)4/h7-8,10,12-13,23H,6,9,11H2,1-5H3,(H,24,25)/t22-/m1/s1. The monoisotopic (exact) mass is 356 g/mol. The third-order valence-corrected chi connectivity index (χ3v) is 4.46. The topological polar surface area (TPSA) is 66.8 Å². The number of fused-ring (bicyclic) bond motifs is 1. The molecular weight excluding hydrogens is 328 g/mol. The molecule has 4 nitrogen and oxygen atoms in total. The number of allylic oxidation sites excluding steroid dienone is 4. The summed E-state index contributed by atoms with van der Waals surface area (Å²) in [5.41, 5.74) is 3.04. The Bertz CT molecular complexity index is 791. The number of aromatic hydroxyl groups is 1. The number of carbonyl (C=O) groups is 1. The fourth-order valence-corrected chi connectivity index (χ4v) is 2.95. The van der Waals surface area contributed by atoms with Crippen molar-refractivity contribution in [1.82, 2.24) is 0 Å². The predicted octanol–water partition coefficient (Wildman–Crippen LogP) is 5.51. The molecule has 0 aromatic heterocycles. The van der Waals surface area contributed by atoms with Crippen molar-refractivity contribution < 1.29 is 19.7 Å². The van der Waals surface area contributed by atoms with Crippen molar-refractivity contribution in [1.29, 1.82) is 0 Å². The molecule has 26 heavy (non-hydrogen) atoms. The van der Waals surface area contributed by atoms with Crippen LogP contribution in [0.1, 0.15) is 68.9 Å². The van der Waals surface area contributed by atoms with Gasteiger partial charge in [-0.05, 0) is 77.7 Å². The van der Waals surface area contributed by atoms with Crippen LogP contribution in [0.2, 0.25) is 0 Å². The van der Waals surface area contributed by atoms with Gasteiger partial charge in [0, 0.05) is 0 Å². The number of ether oxygens (including phenoxy) is 1. The van der Waals surface area contributed by atoms with Gasteiger partial charge in [-0.2, -0.15) is 0 Å². The van der Waals surface area contributed by atoms with E-state index in [2.05, 4.69) is 19.9 Å². The normalized spacial score (nSPS) is 17.9. The molecule has 0 bridgehead atoms. The molecule has 4 heteroatoms. The Morgan fingerprint density at radius 3 is 2.42 bits per heavy atom. The molecule has 0 unspecified atom stereocenters. The summed E-state index contributed by atoms with van der Waals surface area (Å²) in [4.78, 5) is 11.5. The minimum Gasteiger partial charge on any atom is -0.506 e. The number of aromatic carboxylic acids is 1. The largest absolute Gasteiger partial charge is 0.506 e. The molecule has 1 aromatic rings. The average Bonchev–Trinajstić information content (AvgIpc) is 2.53. The molecule has 0 spiro atoms. The van der Waals surface area contributed by atoms with Crippen LogP contribution in [0.3, 0.4) is 0 Å². The van der Waals surface area contributed by atoms with Crippen molar-refractivity contribution >= 4 is 12.0 Å². The van der Waals surface area contributed by atoms with Crippen molar-refractivity contribution in [2.24, 2.45) is 0 Å². The fraction of sp³-hybridized carbons (Fsp3) is 0.409. The lowest BCUT2D eigenvalue weighted by Crippen LogP contribution is -2.32. The number of rotatable bonds is 6. The lowest BCUT2D eigenvalue weighted by Gasteiger charge is -2.33. The molecule has 2 rings (SSSR count). The average molecular weight is 356 g/mol. The summed E-state index contributed by atoms with van der Waals surface area (Å²) in [7, 11) is 0. The van der Waals surface area contributed by atoms with E-state index in [9.17, 15) is 15.0 Å². The van der Waals surface area contributed by atoms with Crippen molar-refractivity contribution in [3.8, 4) is 11.5 Å². The molecule has 0 fully saturated rings. The first-order chi connectivity index (χ1) is 12.1. The first-order valence-electron chi connectivity index (χ1n) is 8.90. The maximum atomic E-state index is 11.5. The second-order valence-corrected chi connectivity index (χ2v) is 7.53. The third-order valence-electron chi connectivity index (χ3n) is 4.46. The van der Waals surface area contributed by atoms with Gasteiger partial charge in [-0.25, -0.2) is 4.79 Å². The number of benzene rings is 1. The maximum Gasteiger partial charge on any atom is 0.339 e. The van der Waals surface area contributed by atoms with Crippen LogP contribution in [-0.2, 0) is 6.42 Å². The number of carboxylic acid groups (broad SMARTS) is 1. The molecule has 0 amide bonds. The van der Waals surface area contributed by atoms with Crippen molar-refractivity contribution in [3.63, 3.8) is 0 Å². The van der Waals surface area contributed by atoms with Crippen LogP contribution in [0.5, 0.6) is 11.5 Å². The first-order valence-corrected chi connectivity index (χ1v) is 8.90. The lowest BCUT2D eigenvalue weighted by atomic mass is 9.91. The fourth-order valence-electron chi connectivity index (χ4n) is 2.95. The first kappa shape index (κ1) is 19.8. The van der Waals surface area contributed by atoms with Gasteiger partial charge in [0.2, 0.25) is 0 Å². The SMILES string of the molecule is CC(C)=CCC[C@]1(C)C=Cc2c(O)c(C(=O)O)cc(CC=C(C)C)c2O1. The highest BCUT2D eigenvalue weighted by Crippen LogP contribution is 2.43. The van der Waals surface area contributed by atoms with E-state index >= 15 is 0 Å². The minimum absolute atomic E-state index is 0.0951. The maximum absolute atomic E-state index is 11.5. The van der Waals surface area contributed by atoms with E-state index in [0.717, 1.165) is 24.0 Å². The molecule has 2 N–H and O–H groups in total.